The second kappa shape index (κ2) is 7.79. The minimum absolute atomic E-state index is 0.00527. The third-order valence-electron chi connectivity index (χ3n) is 4.35. The van der Waals surface area contributed by atoms with Crippen LogP contribution in [-0.4, -0.2) is 47.7 Å². The Morgan fingerprint density at radius 1 is 1.35 bits per heavy atom. The molecule has 3 atom stereocenters. The molecule has 0 spiro atoms. The largest absolute Gasteiger partial charge is 0.481 e. The maximum atomic E-state index is 12.3. The van der Waals surface area contributed by atoms with Crippen molar-refractivity contribution in [2.24, 2.45) is 5.92 Å². The lowest BCUT2D eigenvalue weighted by molar-refractivity contribution is -0.142. The van der Waals surface area contributed by atoms with Gasteiger partial charge in [-0.2, -0.15) is 0 Å². The third kappa shape index (κ3) is 4.45. The zero-order chi connectivity index (χ0) is 17.0. The van der Waals surface area contributed by atoms with Crippen LogP contribution in [0.1, 0.15) is 31.7 Å². The van der Waals surface area contributed by atoms with Crippen LogP contribution in [0.15, 0.2) is 24.3 Å². The summed E-state index contributed by atoms with van der Waals surface area (Å²) in [6.07, 6.45) is 0.849. The molecule has 23 heavy (non-hydrogen) atoms. The number of hydrogen-bond donors (Lipinski definition) is 1. The zero-order valence-electron chi connectivity index (χ0n) is 13.4. The second-order valence-corrected chi connectivity index (χ2v) is 6.37. The van der Waals surface area contributed by atoms with E-state index in [0.29, 0.717) is 11.6 Å². The van der Waals surface area contributed by atoms with E-state index >= 15 is 0 Å². The molecule has 2 rings (SSSR count). The molecule has 5 nitrogen and oxygen atoms in total. The molecule has 0 bridgehead atoms. The number of ether oxygens (including phenoxy) is 1. The van der Waals surface area contributed by atoms with Crippen LogP contribution in [0.25, 0.3) is 0 Å². The number of carboxylic acids is 1. The molecule has 1 saturated heterocycles. The number of amides is 1. The molecule has 1 fully saturated rings. The Morgan fingerprint density at radius 2 is 2.00 bits per heavy atom. The van der Waals surface area contributed by atoms with E-state index < -0.39 is 11.9 Å². The first-order chi connectivity index (χ1) is 10.9. The standard InChI is InChI=1S/C17H22ClNO4/c1-3-11(2)23-10-16(20)19-8-14(15(9-19)17(21)22)12-4-6-13(18)7-5-12/h4-7,11,14-15H,3,8-10H2,1-2H3,(H,21,22)/t11?,14-,15+/m0/s1. The highest BCUT2D eigenvalue weighted by Crippen LogP contribution is 2.33. The van der Waals surface area contributed by atoms with Crippen LogP contribution < -0.4 is 0 Å². The van der Waals surface area contributed by atoms with E-state index in [1.165, 1.54) is 0 Å². The fourth-order valence-corrected chi connectivity index (χ4v) is 2.85. The number of halogens is 1. The van der Waals surface area contributed by atoms with Crippen molar-refractivity contribution in [3.05, 3.63) is 34.9 Å². The van der Waals surface area contributed by atoms with Gasteiger partial charge in [0.05, 0.1) is 12.0 Å². The predicted octanol–water partition coefficient (Wildman–Crippen LogP) is 2.78. The molecule has 1 aliphatic heterocycles. The Kier molecular flexibility index (Phi) is 6.02. The maximum absolute atomic E-state index is 12.3. The Morgan fingerprint density at radius 3 is 2.57 bits per heavy atom. The molecule has 1 aromatic carbocycles. The first-order valence-corrected chi connectivity index (χ1v) is 8.17. The second-order valence-electron chi connectivity index (χ2n) is 5.93. The van der Waals surface area contributed by atoms with Gasteiger partial charge in [-0.25, -0.2) is 0 Å². The van der Waals surface area contributed by atoms with Crippen LogP contribution in [0.5, 0.6) is 0 Å². The number of rotatable bonds is 6. The quantitative estimate of drug-likeness (QED) is 0.865. The van der Waals surface area contributed by atoms with E-state index in [9.17, 15) is 14.7 Å². The number of nitrogens with zero attached hydrogens (tertiary/aromatic N) is 1. The van der Waals surface area contributed by atoms with Gasteiger partial charge in [0.15, 0.2) is 0 Å². The van der Waals surface area contributed by atoms with Gasteiger partial charge in [0.25, 0.3) is 0 Å². The topological polar surface area (TPSA) is 66.8 Å². The number of hydrogen-bond acceptors (Lipinski definition) is 3. The van der Waals surface area contributed by atoms with Gasteiger partial charge in [0.1, 0.15) is 6.61 Å². The van der Waals surface area contributed by atoms with Gasteiger partial charge in [-0.15, -0.1) is 0 Å². The highest BCUT2D eigenvalue weighted by molar-refractivity contribution is 6.30. The summed E-state index contributed by atoms with van der Waals surface area (Å²) in [4.78, 5) is 25.4. The van der Waals surface area contributed by atoms with Crippen LogP contribution in [0.2, 0.25) is 5.02 Å². The molecular formula is C17H22ClNO4. The average molecular weight is 340 g/mol. The van der Waals surface area contributed by atoms with Crippen molar-refractivity contribution >= 4 is 23.5 Å². The zero-order valence-corrected chi connectivity index (χ0v) is 14.1. The molecule has 0 aromatic heterocycles. The van der Waals surface area contributed by atoms with E-state index in [0.717, 1.165) is 12.0 Å². The fraction of sp³-hybridized carbons (Fsp3) is 0.529. The lowest BCUT2D eigenvalue weighted by atomic mass is 9.89. The van der Waals surface area contributed by atoms with Crippen LogP contribution in [0.3, 0.4) is 0 Å². The number of aliphatic carboxylic acids is 1. The lowest BCUT2D eigenvalue weighted by Gasteiger charge is -2.18. The van der Waals surface area contributed by atoms with Gasteiger partial charge >= 0.3 is 5.97 Å². The summed E-state index contributed by atoms with van der Waals surface area (Å²) < 4.78 is 5.46. The monoisotopic (exact) mass is 339 g/mol. The summed E-state index contributed by atoms with van der Waals surface area (Å²) in [5.41, 5.74) is 0.889. The number of carbonyl (C=O) groups is 2. The van der Waals surface area contributed by atoms with Gasteiger partial charge in [-0.1, -0.05) is 30.7 Å². The van der Waals surface area contributed by atoms with Crippen molar-refractivity contribution in [1.29, 1.82) is 0 Å². The Bertz CT molecular complexity index is 560. The minimum atomic E-state index is -0.886. The molecule has 126 valence electrons. The predicted molar refractivity (Wildman–Crippen MR) is 87.6 cm³/mol. The van der Waals surface area contributed by atoms with Crippen molar-refractivity contribution in [1.82, 2.24) is 4.90 Å². The van der Waals surface area contributed by atoms with Crippen LogP contribution in [-0.2, 0) is 14.3 Å². The summed E-state index contributed by atoms with van der Waals surface area (Å²) in [6.45, 7) is 4.50. The molecule has 0 aliphatic carbocycles. The van der Waals surface area contributed by atoms with E-state index in [-0.39, 0.29) is 31.1 Å². The molecule has 6 heteroatoms. The van der Waals surface area contributed by atoms with Crippen molar-refractivity contribution in [3.8, 4) is 0 Å². The fourth-order valence-electron chi connectivity index (χ4n) is 2.73. The van der Waals surface area contributed by atoms with Crippen LogP contribution in [0.4, 0.5) is 0 Å². The molecule has 1 N–H and O–H groups in total. The first-order valence-electron chi connectivity index (χ1n) is 7.80. The smallest absolute Gasteiger partial charge is 0.308 e. The minimum Gasteiger partial charge on any atom is -0.481 e. The normalized spacial score (nSPS) is 22.1. The molecule has 0 saturated carbocycles. The first kappa shape index (κ1) is 17.8. The highest BCUT2D eigenvalue weighted by Gasteiger charge is 2.40. The van der Waals surface area contributed by atoms with Gasteiger partial charge in [-0.05, 0) is 31.0 Å². The summed E-state index contributed by atoms with van der Waals surface area (Å²) in [5, 5.41) is 10.1. The van der Waals surface area contributed by atoms with Crippen LogP contribution in [0, 0.1) is 5.92 Å². The maximum Gasteiger partial charge on any atom is 0.308 e. The van der Waals surface area contributed by atoms with Gasteiger partial charge in [0.2, 0.25) is 5.91 Å². The molecule has 1 amide bonds. The number of likely N-dealkylation sites (tertiary alicyclic amines) is 1. The van der Waals surface area contributed by atoms with E-state index in [1.54, 1.807) is 17.0 Å². The van der Waals surface area contributed by atoms with Crippen molar-refractivity contribution < 1.29 is 19.4 Å². The summed E-state index contributed by atoms with van der Waals surface area (Å²) in [7, 11) is 0. The molecule has 1 heterocycles. The molecule has 1 aromatic rings. The Labute approximate surface area is 141 Å². The van der Waals surface area contributed by atoms with E-state index in [1.807, 2.05) is 26.0 Å². The van der Waals surface area contributed by atoms with Gasteiger partial charge in [-0.3, -0.25) is 9.59 Å². The Hall–Kier alpha value is -1.59. The number of carboxylic acid groups (broad SMARTS) is 1. The van der Waals surface area contributed by atoms with E-state index in [2.05, 4.69) is 0 Å². The Balaban J connectivity index is 2.07. The highest BCUT2D eigenvalue weighted by atomic mass is 35.5. The van der Waals surface area contributed by atoms with Crippen molar-refractivity contribution in [3.63, 3.8) is 0 Å². The summed E-state index contributed by atoms with van der Waals surface area (Å²) in [5.74, 6) is -1.88. The van der Waals surface area contributed by atoms with Crippen molar-refractivity contribution in [2.45, 2.75) is 32.3 Å². The molecule has 0 radical (unpaired) electrons. The summed E-state index contributed by atoms with van der Waals surface area (Å²) >= 11 is 5.88. The number of carbonyl (C=O) groups excluding carboxylic acids is 1. The third-order valence-corrected chi connectivity index (χ3v) is 4.61. The molecule has 1 aliphatic rings. The number of benzene rings is 1. The van der Waals surface area contributed by atoms with Gasteiger partial charge in [0, 0.05) is 24.0 Å². The average Bonchev–Trinajstić information content (AvgIpc) is 2.98. The summed E-state index contributed by atoms with van der Waals surface area (Å²) in [6, 6.07) is 7.14. The van der Waals surface area contributed by atoms with Gasteiger partial charge < -0.3 is 14.7 Å². The van der Waals surface area contributed by atoms with E-state index in [4.69, 9.17) is 16.3 Å². The molecular weight excluding hydrogens is 318 g/mol. The lowest BCUT2D eigenvalue weighted by Crippen LogP contribution is -2.33. The van der Waals surface area contributed by atoms with Crippen molar-refractivity contribution in [2.75, 3.05) is 19.7 Å². The molecule has 1 unspecified atom stereocenters. The van der Waals surface area contributed by atoms with Crippen LogP contribution >= 0.6 is 11.6 Å². The SMILES string of the molecule is CCC(C)OCC(=O)N1C[C@@H](C(=O)O)[C@H](c2ccc(Cl)cc2)C1.